The van der Waals surface area contributed by atoms with Gasteiger partial charge in [-0.2, -0.15) is 71.4 Å². The van der Waals surface area contributed by atoms with Gasteiger partial charge in [-0.05, 0) is 0 Å². The third kappa shape index (κ3) is 8.61. The maximum absolute atomic E-state index is 3.27. The number of hydrogen-bond acceptors (Lipinski definition) is 0. The molecule has 5 aromatic carbocycles. The van der Waals surface area contributed by atoms with Crippen LogP contribution in [0, 0.1) is 6.07 Å². The van der Waals surface area contributed by atoms with E-state index < -0.39 is 0 Å². The van der Waals surface area contributed by atoms with E-state index >= 15 is 0 Å². The summed E-state index contributed by atoms with van der Waals surface area (Å²) in [5.41, 5.74) is 1.56. The number of fused-ring (bicyclic) bond motifs is 2. The SMILES string of the molecule is C=C[Si].[Zr+3].[c-]1ccccc1.c1ccc2[cH-]ccc2c1.c1ccc2[cH-]ccc2c1. The first kappa shape index (κ1) is 23.8. The molecule has 0 atom stereocenters. The minimum absolute atomic E-state index is 0. The maximum atomic E-state index is 3.27. The molecule has 0 aliphatic rings. The standard InChI is InChI=1S/2C9H7.C6H5.C2H3Si.Zr/c2*1-2-5-9-7-3-6-8(9)4-1;1-2-4-6-5-3-1;1-2-3;/h2*1-7H;1-5H;2H,1H2;/q3*-1;;+3. The molecular formula is C26H22SiZr. The van der Waals surface area contributed by atoms with Crippen molar-refractivity contribution < 1.29 is 26.2 Å². The van der Waals surface area contributed by atoms with Gasteiger partial charge >= 0.3 is 26.2 Å². The Labute approximate surface area is 190 Å². The first-order chi connectivity index (χ1) is 13.3. The first-order valence-electron chi connectivity index (χ1n) is 8.75. The van der Waals surface area contributed by atoms with Crippen molar-refractivity contribution in [1.29, 1.82) is 0 Å². The van der Waals surface area contributed by atoms with E-state index in [0.29, 0.717) is 0 Å². The average molecular weight is 454 g/mol. The predicted octanol–water partition coefficient (Wildman–Crippen LogP) is 6.90. The Hall–Kier alpha value is -2.28. The molecule has 0 fully saturated rings. The number of hydrogen-bond donors (Lipinski definition) is 0. The Bertz CT molecular complexity index is 859. The van der Waals surface area contributed by atoms with Crippen molar-refractivity contribution in [2.24, 2.45) is 0 Å². The molecule has 2 heteroatoms. The minimum Gasteiger partial charge on any atom is -0.184 e. The van der Waals surface area contributed by atoms with Gasteiger partial charge in [0.05, 0.1) is 10.2 Å². The van der Waals surface area contributed by atoms with Crippen LogP contribution < -0.4 is 0 Å². The molecule has 0 aliphatic carbocycles. The molecule has 5 rings (SSSR count). The Morgan fingerprint density at radius 1 is 0.679 bits per heavy atom. The van der Waals surface area contributed by atoms with Gasteiger partial charge in [-0.15, -0.1) is 71.6 Å². The third-order valence-electron chi connectivity index (χ3n) is 3.70. The van der Waals surface area contributed by atoms with E-state index in [-0.39, 0.29) is 26.2 Å². The van der Waals surface area contributed by atoms with E-state index in [1.165, 1.54) is 21.5 Å². The summed E-state index contributed by atoms with van der Waals surface area (Å²) in [5, 5.41) is 5.32. The summed E-state index contributed by atoms with van der Waals surface area (Å²) in [6.45, 7) is 3.27. The van der Waals surface area contributed by atoms with Gasteiger partial charge in [-0.25, -0.2) is 0 Å². The van der Waals surface area contributed by atoms with Gasteiger partial charge in [0.25, 0.3) is 0 Å². The van der Waals surface area contributed by atoms with Crippen molar-refractivity contribution >= 4 is 31.8 Å². The van der Waals surface area contributed by atoms with Crippen molar-refractivity contribution in [1.82, 2.24) is 0 Å². The molecule has 0 saturated carbocycles. The van der Waals surface area contributed by atoms with Crippen LogP contribution >= 0.6 is 0 Å². The fourth-order valence-electron chi connectivity index (χ4n) is 2.48. The average Bonchev–Trinajstić information content (AvgIpc) is 3.40. The van der Waals surface area contributed by atoms with Crippen LogP contribution in [-0.4, -0.2) is 10.2 Å². The molecule has 0 spiro atoms. The molecule has 0 unspecified atom stereocenters. The third-order valence-corrected chi connectivity index (χ3v) is 3.70. The molecule has 0 amide bonds. The van der Waals surface area contributed by atoms with Gasteiger partial charge in [-0.1, -0.05) is 12.1 Å². The molecular weight excluding hydrogens is 432 g/mol. The van der Waals surface area contributed by atoms with E-state index in [0.717, 1.165) is 0 Å². The topological polar surface area (TPSA) is 0 Å². The second-order valence-electron chi connectivity index (χ2n) is 5.59. The summed E-state index contributed by atoms with van der Waals surface area (Å²) in [6, 6.07) is 41.8. The van der Waals surface area contributed by atoms with E-state index in [4.69, 9.17) is 0 Å². The normalized spacial score (nSPS) is 8.75. The van der Waals surface area contributed by atoms with Gasteiger partial charge < -0.3 is 0 Å². The van der Waals surface area contributed by atoms with Gasteiger partial charge in [0, 0.05) is 0 Å². The van der Waals surface area contributed by atoms with Gasteiger partial charge in [-0.3, -0.25) is 0 Å². The fraction of sp³-hybridized carbons (Fsp3) is 0. The van der Waals surface area contributed by atoms with Crippen LogP contribution in [0.15, 0.2) is 128 Å². The van der Waals surface area contributed by atoms with Crippen LogP contribution in [0.5, 0.6) is 0 Å². The zero-order chi connectivity index (χ0) is 19.2. The molecule has 0 nitrogen and oxygen atoms in total. The van der Waals surface area contributed by atoms with Gasteiger partial charge in [0.2, 0.25) is 0 Å². The number of benzene rings is 3. The molecule has 0 N–H and O–H groups in total. The Kier molecular flexibility index (Phi) is 12.5. The Balaban J connectivity index is 0.000000197. The monoisotopic (exact) mass is 452 g/mol. The van der Waals surface area contributed by atoms with Crippen LogP contribution in [0.1, 0.15) is 0 Å². The van der Waals surface area contributed by atoms with Gasteiger partial charge in [0.15, 0.2) is 0 Å². The summed E-state index contributed by atoms with van der Waals surface area (Å²) in [6.07, 6.45) is 0. The summed E-state index contributed by atoms with van der Waals surface area (Å²) >= 11 is 0. The van der Waals surface area contributed by atoms with Crippen molar-refractivity contribution in [2.75, 3.05) is 0 Å². The molecule has 0 heterocycles. The molecule has 0 saturated heterocycles. The van der Waals surface area contributed by atoms with E-state index in [1.54, 1.807) is 5.70 Å². The second-order valence-corrected chi connectivity index (χ2v) is 6.00. The van der Waals surface area contributed by atoms with Crippen molar-refractivity contribution in [3.63, 3.8) is 0 Å². The van der Waals surface area contributed by atoms with Crippen LogP contribution in [0.3, 0.4) is 0 Å². The molecule has 0 aliphatic heterocycles. The van der Waals surface area contributed by atoms with Crippen molar-refractivity contribution in [3.8, 4) is 0 Å². The molecule has 5 aromatic rings. The van der Waals surface area contributed by atoms with Crippen LogP contribution in [-0.2, 0) is 26.2 Å². The molecule has 0 aromatic heterocycles. The number of rotatable bonds is 0. The predicted molar refractivity (Wildman–Crippen MR) is 120 cm³/mol. The molecule has 134 valence electrons. The van der Waals surface area contributed by atoms with Crippen LogP contribution in [0.25, 0.3) is 21.5 Å². The Morgan fingerprint density at radius 3 is 1.43 bits per heavy atom. The van der Waals surface area contributed by atoms with E-state index in [9.17, 15) is 0 Å². The largest absolute Gasteiger partial charge is 3.00 e. The summed E-state index contributed by atoms with van der Waals surface area (Å²) < 4.78 is 0. The molecule has 0 bridgehead atoms. The molecule has 28 heavy (non-hydrogen) atoms. The minimum atomic E-state index is 0. The molecule has 4 radical (unpaired) electrons. The quantitative estimate of drug-likeness (QED) is 0.177. The smallest absolute Gasteiger partial charge is 0.184 e. The van der Waals surface area contributed by atoms with Crippen LogP contribution in [0.4, 0.5) is 0 Å². The van der Waals surface area contributed by atoms with Crippen molar-refractivity contribution in [2.45, 2.75) is 0 Å². The fourth-order valence-corrected chi connectivity index (χ4v) is 2.48. The first-order valence-corrected chi connectivity index (χ1v) is 9.33. The summed E-state index contributed by atoms with van der Waals surface area (Å²) in [4.78, 5) is 0. The zero-order valence-corrected chi connectivity index (χ0v) is 19.2. The zero-order valence-electron chi connectivity index (χ0n) is 15.8. The second kappa shape index (κ2) is 14.7. The van der Waals surface area contributed by atoms with Crippen LogP contribution in [0.2, 0.25) is 0 Å². The van der Waals surface area contributed by atoms with E-state index in [1.807, 2.05) is 30.3 Å². The Morgan fingerprint density at radius 2 is 1.11 bits per heavy atom. The van der Waals surface area contributed by atoms with E-state index in [2.05, 4.69) is 108 Å². The van der Waals surface area contributed by atoms with Crippen molar-refractivity contribution in [3.05, 3.63) is 134 Å². The summed E-state index contributed by atoms with van der Waals surface area (Å²) in [7, 11) is 2.95. The van der Waals surface area contributed by atoms with Gasteiger partial charge in [0.1, 0.15) is 0 Å². The maximum Gasteiger partial charge on any atom is 3.00 e. The summed E-state index contributed by atoms with van der Waals surface area (Å²) in [5.74, 6) is 0.